The molecule has 1 amide bonds. The predicted octanol–water partition coefficient (Wildman–Crippen LogP) is 1.82. The van der Waals surface area contributed by atoms with Crippen LogP contribution < -0.4 is 10.6 Å². The van der Waals surface area contributed by atoms with Gasteiger partial charge in [0.25, 0.3) is 0 Å². The van der Waals surface area contributed by atoms with Crippen molar-refractivity contribution in [2.24, 2.45) is 5.73 Å². The Morgan fingerprint density at radius 2 is 2.00 bits per heavy atom. The van der Waals surface area contributed by atoms with E-state index in [0.29, 0.717) is 11.4 Å². The van der Waals surface area contributed by atoms with Gasteiger partial charge < -0.3 is 10.6 Å². The third-order valence-electron chi connectivity index (χ3n) is 3.34. The van der Waals surface area contributed by atoms with Gasteiger partial charge in [0.05, 0.1) is 6.42 Å². The summed E-state index contributed by atoms with van der Waals surface area (Å²) in [4.78, 5) is 16.6. The molecule has 2 aromatic heterocycles. The van der Waals surface area contributed by atoms with Gasteiger partial charge in [0.15, 0.2) is 11.5 Å². The lowest BCUT2D eigenvalue weighted by Crippen LogP contribution is -2.19. The van der Waals surface area contributed by atoms with Crippen LogP contribution in [0, 0.1) is 11.3 Å². The van der Waals surface area contributed by atoms with Crippen LogP contribution >= 0.6 is 15.9 Å². The molecule has 1 aliphatic rings. The number of rotatable bonds is 3. The van der Waals surface area contributed by atoms with Crippen LogP contribution in [-0.2, 0) is 11.2 Å². The fourth-order valence-electron chi connectivity index (χ4n) is 2.19. The van der Waals surface area contributed by atoms with E-state index < -0.39 is 0 Å². The number of anilines is 1. The third-order valence-corrected chi connectivity index (χ3v) is 3.81. The number of hydrogen-bond donors (Lipinski definition) is 1. The zero-order valence-electron chi connectivity index (χ0n) is 13.0. The molecule has 24 heavy (non-hydrogen) atoms. The first-order valence-corrected chi connectivity index (χ1v) is 8.25. The Labute approximate surface area is 148 Å². The van der Waals surface area contributed by atoms with E-state index in [1.54, 1.807) is 18.3 Å². The maximum atomic E-state index is 10.4. The maximum Gasteiger partial charge on any atom is 0.223 e. The number of carbonyl (C=O) groups excluding carboxylic acids is 1. The van der Waals surface area contributed by atoms with Crippen molar-refractivity contribution in [2.75, 3.05) is 18.0 Å². The van der Waals surface area contributed by atoms with Crippen LogP contribution in [0.2, 0.25) is 0 Å². The second-order valence-corrected chi connectivity index (χ2v) is 6.11. The second-order valence-electron chi connectivity index (χ2n) is 5.19. The fraction of sp³-hybridized carbons (Fsp3) is 0.312. The first-order valence-electron chi connectivity index (χ1n) is 7.46. The van der Waals surface area contributed by atoms with Gasteiger partial charge in [0.1, 0.15) is 6.07 Å². The van der Waals surface area contributed by atoms with Gasteiger partial charge in [0.2, 0.25) is 5.91 Å². The van der Waals surface area contributed by atoms with Crippen LogP contribution in [0.5, 0.6) is 0 Å². The van der Waals surface area contributed by atoms with Gasteiger partial charge in [0, 0.05) is 29.5 Å². The van der Waals surface area contributed by atoms with Crippen LogP contribution in [0.15, 0.2) is 34.9 Å². The molecule has 1 saturated heterocycles. The summed E-state index contributed by atoms with van der Waals surface area (Å²) in [5.74, 6) is 0.524. The highest BCUT2D eigenvalue weighted by molar-refractivity contribution is 9.10. The average molecular weight is 389 g/mol. The van der Waals surface area contributed by atoms with Gasteiger partial charge in [-0.25, -0.2) is 0 Å². The van der Waals surface area contributed by atoms with Gasteiger partial charge >= 0.3 is 0 Å². The first kappa shape index (κ1) is 17.8. The fourth-order valence-corrected chi connectivity index (χ4v) is 2.42. The molecule has 3 rings (SSSR count). The summed E-state index contributed by atoms with van der Waals surface area (Å²) in [6.45, 7) is 2.11. The Morgan fingerprint density at radius 1 is 1.25 bits per heavy atom. The molecule has 2 N–H and O–H groups in total. The number of carbonyl (C=O) groups is 1. The lowest BCUT2D eigenvalue weighted by atomic mass is 10.3. The van der Waals surface area contributed by atoms with Crippen molar-refractivity contribution < 1.29 is 4.79 Å². The highest BCUT2D eigenvalue weighted by atomic mass is 79.9. The highest BCUT2D eigenvalue weighted by Crippen LogP contribution is 2.16. The van der Waals surface area contributed by atoms with E-state index in [1.165, 1.54) is 12.8 Å². The lowest BCUT2D eigenvalue weighted by molar-refractivity contribution is -0.117. The first-order chi connectivity index (χ1) is 11.6. The van der Waals surface area contributed by atoms with Crippen LogP contribution in [0.25, 0.3) is 0 Å². The number of halogens is 1. The SMILES string of the molecule is N#Cc1ccc(N2CCCC2)nn1.NC(=O)Cc1ccc(Br)cn1. The molecule has 0 aromatic carbocycles. The Balaban J connectivity index is 0.000000177. The molecule has 0 bridgehead atoms. The predicted molar refractivity (Wildman–Crippen MR) is 93.0 cm³/mol. The summed E-state index contributed by atoms with van der Waals surface area (Å²) in [6.07, 6.45) is 4.29. The van der Waals surface area contributed by atoms with Crippen molar-refractivity contribution in [3.05, 3.63) is 46.3 Å². The second kappa shape index (κ2) is 8.93. The lowest BCUT2D eigenvalue weighted by Gasteiger charge is -2.14. The standard InChI is InChI=1S/C9H10N4.C7H7BrN2O/c10-7-8-3-4-9(12-11-8)13-5-1-2-6-13;8-5-1-2-6(10-4-5)3-7(9)11/h3-4H,1-2,5-6H2;1-2,4H,3H2,(H2,9,11). The van der Waals surface area contributed by atoms with Crippen molar-refractivity contribution >= 4 is 27.7 Å². The maximum absolute atomic E-state index is 10.4. The van der Waals surface area contributed by atoms with Crippen molar-refractivity contribution in [2.45, 2.75) is 19.3 Å². The molecular formula is C16H17BrN6O. The number of nitrogens with two attached hydrogens (primary N) is 1. The molecule has 0 spiro atoms. The Kier molecular flexibility index (Phi) is 6.63. The normalized spacial score (nSPS) is 12.9. The van der Waals surface area contributed by atoms with Crippen molar-refractivity contribution in [1.82, 2.24) is 15.2 Å². The quantitative estimate of drug-likeness (QED) is 0.858. The van der Waals surface area contributed by atoms with Crippen molar-refractivity contribution in [3.8, 4) is 6.07 Å². The zero-order valence-corrected chi connectivity index (χ0v) is 14.6. The van der Waals surface area contributed by atoms with Gasteiger partial charge in [-0.2, -0.15) is 5.26 Å². The Bertz CT molecular complexity index is 705. The topological polar surface area (TPSA) is 109 Å². The summed E-state index contributed by atoms with van der Waals surface area (Å²) in [5.41, 5.74) is 6.04. The summed E-state index contributed by atoms with van der Waals surface area (Å²) in [5, 5.41) is 16.3. The summed E-state index contributed by atoms with van der Waals surface area (Å²) in [7, 11) is 0. The minimum absolute atomic E-state index is 0.202. The molecule has 0 unspecified atom stereocenters. The zero-order chi connectivity index (χ0) is 17.4. The highest BCUT2D eigenvalue weighted by Gasteiger charge is 2.13. The molecule has 0 radical (unpaired) electrons. The summed E-state index contributed by atoms with van der Waals surface area (Å²) < 4.78 is 0.894. The van der Waals surface area contributed by atoms with Gasteiger partial charge in [-0.05, 0) is 53.0 Å². The minimum atomic E-state index is -0.361. The molecule has 0 saturated carbocycles. The van der Waals surface area contributed by atoms with E-state index in [4.69, 9.17) is 11.0 Å². The number of pyridine rings is 1. The monoisotopic (exact) mass is 388 g/mol. The number of nitriles is 1. The molecule has 7 nitrogen and oxygen atoms in total. The van der Waals surface area contributed by atoms with Crippen molar-refractivity contribution in [1.29, 1.82) is 5.26 Å². The average Bonchev–Trinajstić information content (AvgIpc) is 3.12. The molecule has 1 aliphatic heterocycles. The van der Waals surface area contributed by atoms with E-state index >= 15 is 0 Å². The van der Waals surface area contributed by atoms with Gasteiger partial charge in [-0.15, -0.1) is 10.2 Å². The number of primary amides is 1. The third kappa shape index (κ3) is 5.59. The number of amides is 1. The number of nitrogens with zero attached hydrogens (tertiary/aromatic N) is 5. The largest absolute Gasteiger partial charge is 0.369 e. The van der Waals surface area contributed by atoms with Crippen molar-refractivity contribution in [3.63, 3.8) is 0 Å². The molecule has 3 heterocycles. The molecule has 2 aromatic rings. The minimum Gasteiger partial charge on any atom is -0.369 e. The van der Waals surface area contributed by atoms with Gasteiger partial charge in [-0.3, -0.25) is 9.78 Å². The number of hydrogen-bond acceptors (Lipinski definition) is 6. The molecular weight excluding hydrogens is 372 g/mol. The van der Waals surface area contributed by atoms with E-state index in [9.17, 15) is 4.79 Å². The molecule has 0 aliphatic carbocycles. The van der Waals surface area contributed by atoms with E-state index in [1.807, 2.05) is 18.2 Å². The molecule has 124 valence electrons. The van der Waals surface area contributed by atoms with Crippen LogP contribution in [0.4, 0.5) is 5.82 Å². The van der Waals surface area contributed by atoms with Gasteiger partial charge in [-0.1, -0.05) is 0 Å². The van der Waals surface area contributed by atoms with Crippen LogP contribution in [0.1, 0.15) is 24.2 Å². The Morgan fingerprint density at radius 3 is 2.50 bits per heavy atom. The number of aromatic nitrogens is 3. The summed E-state index contributed by atoms with van der Waals surface area (Å²) >= 11 is 3.23. The van der Waals surface area contributed by atoms with E-state index in [0.717, 1.165) is 23.4 Å². The van der Waals surface area contributed by atoms with Crippen LogP contribution in [0.3, 0.4) is 0 Å². The van der Waals surface area contributed by atoms with E-state index in [-0.39, 0.29) is 12.3 Å². The molecule has 8 heteroatoms. The smallest absolute Gasteiger partial charge is 0.223 e. The van der Waals surface area contributed by atoms with E-state index in [2.05, 4.69) is 36.0 Å². The molecule has 0 atom stereocenters. The van der Waals surface area contributed by atoms with Crippen LogP contribution in [-0.4, -0.2) is 34.2 Å². The summed E-state index contributed by atoms with van der Waals surface area (Å²) in [6, 6.07) is 9.10. The molecule has 1 fully saturated rings. The Hall–Kier alpha value is -2.53.